The van der Waals surface area contributed by atoms with E-state index in [1.165, 1.54) is 6.07 Å². The van der Waals surface area contributed by atoms with E-state index in [0.717, 1.165) is 11.3 Å². The molecule has 2 aromatic rings. The highest BCUT2D eigenvalue weighted by molar-refractivity contribution is 6.02. The Morgan fingerprint density at radius 3 is 2.25 bits per heavy atom. The minimum absolute atomic E-state index is 0.267. The van der Waals surface area contributed by atoms with Gasteiger partial charge in [0, 0.05) is 18.6 Å². The largest absolute Gasteiger partial charge is 0.417 e. The first-order valence-corrected chi connectivity index (χ1v) is 6.47. The number of benzene rings is 2. The minimum atomic E-state index is -4.35. The van der Waals surface area contributed by atoms with Crippen LogP contribution in [0.25, 0.3) is 10.8 Å². The van der Waals surface area contributed by atoms with Crippen molar-refractivity contribution in [1.82, 2.24) is 0 Å². The maximum Gasteiger partial charge on any atom is 0.417 e. The van der Waals surface area contributed by atoms with Crippen LogP contribution in [0.5, 0.6) is 0 Å². The number of rotatable bonds is 0. The molecule has 104 valence electrons. The number of hydrogen-bond donors (Lipinski definition) is 1. The predicted molar refractivity (Wildman–Crippen MR) is 73.3 cm³/mol. The highest BCUT2D eigenvalue weighted by Gasteiger charge is 2.43. The summed E-state index contributed by atoms with van der Waals surface area (Å²) in [6, 6.07) is 7.98. The third-order valence-electron chi connectivity index (χ3n) is 4.23. The Morgan fingerprint density at radius 2 is 1.65 bits per heavy atom. The van der Waals surface area contributed by atoms with E-state index in [-0.39, 0.29) is 10.8 Å². The van der Waals surface area contributed by atoms with Gasteiger partial charge in [-0.1, -0.05) is 24.3 Å². The summed E-state index contributed by atoms with van der Waals surface area (Å²) in [6.07, 6.45) is -4.35. The van der Waals surface area contributed by atoms with Gasteiger partial charge in [0.25, 0.3) is 0 Å². The first-order valence-electron chi connectivity index (χ1n) is 6.47. The van der Waals surface area contributed by atoms with E-state index in [0.29, 0.717) is 11.1 Å². The van der Waals surface area contributed by atoms with Crippen LogP contribution in [0.4, 0.5) is 18.9 Å². The van der Waals surface area contributed by atoms with Gasteiger partial charge in [-0.15, -0.1) is 0 Å². The molecule has 1 heterocycles. The Morgan fingerprint density at radius 1 is 1.05 bits per heavy atom. The molecular weight excluding hydrogens is 263 g/mol. The van der Waals surface area contributed by atoms with E-state index in [1.54, 1.807) is 24.3 Å². The van der Waals surface area contributed by atoms with Gasteiger partial charge in [-0.2, -0.15) is 13.2 Å². The normalized spacial score (nSPS) is 17.2. The third-order valence-corrected chi connectivity index (χ3v) is 4.23. The van der Waals surface area contributed by atoms with Gasteiger partial charge >= 0.3 is 6.18 Å². The lowest BCUT2D eigenvalue weighted by molar-refractivity contribution is -0.351. The molecule has 0 radical (unpaired) electrons. The molecule has 0 fully saturated rings. The minimum Gasteiger partial charge on any atom is -0.212 e. The summed E-state index contributed by atoms with van der Waals surface area (Å²) in [4.78, 5) is 3.11. The molecule has 0 spiro atoms. The lowest BCUT2D eigenvalue weighted by Gasteiger charge is -2.19. The van der Waals surface area contributed by atoms with Crippen molar-refractivity contribution in [2.24, 2.45) is 0 Å². The quantitative estimate of drug-likeness (QED) is 0.760. The Bertz CT molecular complexity index is 739. The SMILES string of the molecule is CC1=[NH+]c2cc(C(F)(F)F)c3ccccc3c2C1(C)C. The number of hydrogen-bond acceptors (Lipinski definition) is 0. The second-order valence-electron chi connectivity index (χ2n) is 5.77. The van der Waals surface area contributed by atoms with Crippen molar-refractivity contribution in [1.29, 1.82) is 0 Å². The molecule has 2 aromatic carbocycles. The summed E-state index contributed by atoms with van der Waals surface area (Å²) in [5, 5.41) is 0.940. The van der Waals surface area contributed by atoms with Crippen molar-refractivity contribution in [3.8, 4) is 0 Å². The summed E-state index contributed by atoms with van der Waals surface area (Å²) in [6.45, 7) is 5.98. The molecule has 20 heavy (non-hydrogen) atoms. The van der Waals surface area contributed by atoms with Gasteiger partial charge in [0.15, 0.2) is 5.71 Å². The van der Waals surface area contributed by atoms with E-state index in [9.17, 15) is 13.2 Å². The van der Waals surface area contributed by atoms with Crippen molar-refractivity contribution >= 4 is 22.2 Å². The molecule has 0 saturated heterocycles. The van der Waals surface area contributed by atoms with E-state index < -0.39 is 11.7 Å². The predicted octanol–water partition coefficient (Wildman–Crippen LogP) is 3.32. The Balaban J connectivity index is 2.47. The fourth-order valence-corrected chi connectivity index (χ4v) is 2.93. The molecule has 0 unspecified atom stereocenters. The van der Waals surface area contributed by atoms with Crippen LogP contribution in [0.1, 0.15) is 31.9 Å². The molecule has 0 saturated carbocycles. The number of fused-ring (bicyclic) bond motifs is 3. The van der Waals surface area contributed by atoms with Crippen molar-refractivity contribution in [3.05, 3.63) is 41.5 Å². The van der Waals surface area contributed by atoms with Gasteiger partial charge in [-0.25, -0.2) is 4.99 Å². The zero-order chi connectivity index (χ0) is 14.7. The smallest absolute Gasteiger partial charge is 0.212 e. The second-order valence-corrected chi connectivity index (χ2v) is 5.77. The molecule has 0 bridgehead atoms. The standard InChI is InChI=1S/C16H14F3N/c1-9-15(2,3)14-11-7-5-4-6-10(11)12(16(17,18)19)8-13(14)20-9/h4-8H,1-3H3/p+1. The molecule has 0 aliphatic carbocycles. The van der Waals surface area contributed by atoms with Crippen LogP contribution in [0, 0.1) is 0 Å². The van der Waals surface area contributed by atoms with Gasteiger partial charge in [-0.3, -0.25) is 0 Å². The average molecular weight is 278 g/mol. The first kappa shape index (κ1) is 13.2. The summed E-state index contributed by atoms with van der Waals surface area (Å²) in [5.74, 6) is 0. The number of alkyl halides is 3. The van der Waals surface area contributed by atoms with Crippen LogP contribution >= 0.6 is 0 Å². The molecule has 3 rings (SSSR count). The summed E-state index contributed by atoms with van der Waals surface area (Å²) >= 11 is 0. The van der Waals surface area contributed by atoms with Gasteiger partial charge in [-0.05, 0) is 24.6 Å². The fraction of sp³-hybridized carbons (Fsp3) is 0.312. The summed E-state index contributed by atoms with van der Waals surface area (Å²) in [7, 11) is 0. The van der Waals surface area contributed by atoms with Crippen LogP contribution < -0.4 is 4.99 Å². The van der Waals surface area contributed by atoms with E-state index in [1.807, 2.05) is 20.8 Å². The lowest BCUT2D eigenvalue weighted by Crippen LogP contribution is -2.64. The zero-order valence-electron chi connectivity index (χ0n) is 11.5. The van der Waals surface area contributed by atoms with Gasteiger partial charge < -0.3 is 0 Å². The molecule has 0 atom stereocenters. The lowest BCUT2D eigenvalue weighted by atomic mass is 9.79. The molecule has 0 amide bonds. The van der Waals surface area contributed by atoms with Crippen LogP contribution in [0.15, 0.2) is 30.3 Å². The molecule has 1 N–H and O–H groups in total. The fourth-order valence-electron chi connectivity index (χ4n) is 2.93. The highest BCUT2D eigenvalue weighted by atomic mass is 19.4. The van der Waals surface area contributed by atoms with Gasteiger partial charge in [0.05, 0.1) is 11.0 Å². The monoisotopic (exact) mass is 278 g/mol. The molecule has 4 heteroatoms. The van der Waals surface area contributed by atoms with Gasteiger partial charge in [0.2, 0.25) is 5.69 Å². The Labute approximate surface area is 115 Å². The Hall–Kier alpha value is -1.84. The van der Waals surface area contributed by atoms with E-state index in [2.05, 4.69) is 4.99 Å². The summed E-state index contributed by atoms with van der Waals surface area (Å²) in [5.41, 5.74) is 1.62. The van der Waals surface area contributed by atoms with Crippen molar-refractivity contribution in [2.45, 2.75) is 32.4 Å². The number of nitrogens with one attached hydrogen (secondary N) is 1. The zero-order valence-corrected chi connectivity index (χ0v) is 11.5. The van der Waals surface area contributed by atoms with E-state index >= 15 is 0 Å². The Kier molecular flexibility index (Phi) is 2.53. The third kappa shape index (κ3) is 1.67. The maximum atomic E-state index is 13.2. The van der Waals surface area contributed by atoms with Crippen LogP contribution in [-0.2, 0) is 11.6 Å². The van der Waals surface area contributed by atoms with Crippen LogP contribution in [0.3, 0.4) is 0 Å². The average Bonchev–Trinajstić information content (AvgIpc) is 2.58. The van der Waals surface area contributed by atoms with Gasteiger partial charge in [0.1, 0.15) is 0 Å². The second kappa shape index (κ2) is 3.84. The van der Waals surface area contributed by atoms with Crippen molar-refractivity contribution in [2.75, 3.05) is 0 Å². The molecule has 0 aromatic heterocycles. The van der Waals surface area contributed by atoms with Crippen molar-refractivity contribution in [3.63, 3.8) is 0 Å². The summed E-state index contributed by atoms with van der Waals surface area (Å²) < 4.78 is 39.7. The van der Waals surface area contributed by atoms with E-state index in [4.69, 9.17) is 0 Å². The molecule has 1 aliphatic rings. The first-order chi connectivity index (χ1) is 9.23. The van der Waals surface area contributed by atoms with Crippen LogP contribution in [-0.4, -0.2) is 5.71 Å². The van der Waals surface area contributed by atoms with Crippen LogP contribution in [0.2, 0.25) is 0 Å². The molecular formula is C16H15F3N+. The number of halogens is 3. The highest BCUT2D eigenvalue weighted by Crippen LogP contribution is 2.43. The molecule has 1 nitrogen and oxygen atoms in total. The topological polar surface area (TPSA) is 14.0 Å². The molecule has 1 aliphatic heterocycles. The van der Waals surface area contributed by atoms with Crippen molar-refractivity contribution < 1.29 is 18.2 Å². The maximum absolute atomic E-state index is 13.2.